The van der Waals surface area contributed by atoms with Gasteiger partial charge in [0.15, 0.2) is 5.65 Å². The first-order valence-corrected chi connectivity index (χ1v) is 8.26. The molecule has 0 aliphatic heterocycles. The van der Waals surface area contributed by atoms with E-state index in [1.807, 2.05) is 0 Å². The molecule has 0 saturated carbocycles. The van der Waals surface area contributed by atoms with E-state index in [4.69, 9.17) is 0 Å². The van der Waals surface area contributed by atoms with Gasteiger partial charge >= 0.3 is 0 Å². The topological polar surface area (TPSA) is 76.4 Å². The summed E-state index contributed by atoms with van der Waals surface area (Å²) in [6.45, 7) is 1.71. The lowest BCUT2D eigenvalue weighted by Crippen LogP contribution is -2.17. The Morgan fingerprint density at radius 2 is 1.87 bits per heavy atom. The van der Waals surface area contributed by atoms with E-state index in [9.17, 15) is 17.2 Å². The average molecular weight is 338 g/mol. The maximum absolute atomic E-state index is 13.6. The van der Waals surface area contributed by atoms with Crippen LogP contribution in [-0.2, 0) is 15.8 Å². The van der Waals surface area contributed by atoms with Gasteiger partial charge < -0.3 is 0 Å². The standard InChI is InChI=1S/C14H12F2N4O2S/c1-9-17-14-6-5-10(7-20(14)18-9)19-23(21,22)8-11-12(15)3-2-4-13(11)16/h2-7,19H,8H2,1H3. The second-order valence-corrected chi connectivity index (χ2v) is 6.66. The molecule has 0 saturated heterocycles. The van der Waals surface area contributed by atoms with E-state index in [1.54, 1.807) is 13.0 Å². The second kappa shape index (κ2) is 5.58. The van der Waals surface area contributed by atoms with Crippen LogP contribution in [0.3, 0.4) is 0 Å². The highest BCUT2D eigenvalue weighted by Crippen LogP contribution is 2.18. The summed E-state index contributed by atoms with van der Waals surface area (Å²) in [5.74, 6) is -2.08. The number of nitrogens with zero attached hydrogens (tertiary/aromatic N) is 3. The molecule has 23 heavy (non-hydrogen) atoms. The number of aryl methyl sites for hydroxylation is 1. The van der Waals surface area contributed by atoms with Gasteiger partial charge in [-0.05, 0) is 31.2 Å². The molecular formula is C14H12F2N4O2S. The molecule has 0 atom stereocenters. The number of hydrogen-bond acceptors (Lipinski definition) is 4. The van der Waals surface area contributed by atoms with E-state index in [0.717, 1.165) is 12.1 Å². The van der Waals surface area contributed by atoms with Crippen LogP contribution in [0.15, 0.2) is 36.5 Å². The number of halogens is 2. The predicted octanol–water partition coefficient (Wildman–Crippen LogP) is 2.26. The third-order valence-corrected chi connectivity index (χ3v) is 4.32. The van der Waals surface area contributed by atoms with Crippen LogP contribution in [0.2, 0.25) is 0 Å². The van der Waals surface area contributed by atoms with Crippen LogP contribution in [0.1, 0.15) is 11.4 Å². The van der Waals surface area contributed by atoms with Crippen LogP contribution in [0, 0.1) is 18.6 Å². The lowest BCUT2D eigenvalue weighted by atomic mass is 10.2. The minimum atomic E-state index is -3.99. The van der Waals surface area contributed by atoms with Gasteiger partial charge in [-0.3, -0.25) is 4.72 Å². The van der Waals surface area contributed by atoms with Gasteiger partial charge in [-0.1, -0.05) is 6.07 Å². The Balaban J connectivity index is 1.87. The van der Waals surface area contributed by atoms with Gasteiger partial charge in [-0.2, -0.15) is 5.10 Å². The third-order valence-electron chi connectivity index (χ3n) is 3.11. The fourth-order valence-corrected chi connectivity index (χ4v) is 3.34. The summed E-state index contributed by atoms with van der Waals surface area (Å²) in [6, 6.07) is 6.28. The van der Waals surface area contributed by atoms with Crippen molar-refractivity contribution in [3.05, 3.63) is 59.6 Å². The number of aromatic nitrogens is 3. The molecular weight excluding hydrogens is 326 g/mol. The molecule has 3 aromatic rings. The van der Waals surface area contributed by atoms with Gasteiger partial charge in [0.05, 0.1) is 11.9 Å². The van der Waals surface area contributed by atoms with Crippen molar-refractivity contribution >= 4 is 21.4 Å². The van der Waals surface area contributed by atoms with Crippen LogP contribution in [-0.4, -0.2) is 23.0 Å². The average Bonchev–Trinajstić information content (AvgIpc) is 2.82. The van der Waals surface area contributed by atoms with E-state index in [2.05, 4.69) is 14.8 Å². The number of benzene rings is 1. The number of rotatable bonds is 4. The Kier molecular flexibility index (Phi) is 3.72. The summed E-state index contributed by atoms with van der Waals surface area (Å²) in [4.78, 5) is 4.12. The van der Waals surface area contributed by atoms with E-state index in [0.29, 0.717) is 11.5 Å². The molecule has 0 bridgehead atoms. The van der Waals surface area contributed by atoms with E-state index in [-0.39, 0.29) is 5.69 Å². The fourth-order valence-electron chi connectivity index (χ4n) is 2.13. The minimum absolute atomic E-state index is 0.221. The molecule has 0 radical (unpaired) electrons. The van der Waals surface area contributed by atoms with Crippen LogP contribution < -0.4 is 4.72 Å². The molecule has 6 nitrogen and oxygen atoms in total. The lowest BCUT2D eigenvalue weighted by molar-refractivity contribution is 0.557. The van der Waals surface area contributed by atoms with Crippen molar-refractivity contribution in [3.8, 4) is 0 Å². The zero-order chi connectivity index (χ0) is 16.6. The van der Waals surface area contributed by atoms with Crippen molar-refractivity contribution in [1.82, 2.24) is 14.6 Å². The van der Waals surface area contributed by atoms with Gasteiger partial charge in [0.2, 0.25) is 10.0 Å². The Labute approximate surface area is 130 Å². The van der Waals surface area contributed by atoms with Crippen LogP contribution in [0.25, 0.3) is 5.65 Å². The molecule has 0 unspecified atom stereocenters. The van der Waals surface area contributed by atoms with Gasteiger partial charge in [-0.25, -0.2) is 26.7 Å². The van der Waals surface area contributed by atoms with Crippen molar-refractivity contribution in [2.24, 2.45) is 0 Å². The smallest absolute Gasteiger partial charge is 0.237 e. The molecule has 2 heterocycles. The summed E-state index contributed by atoms with van der Waals surface area (Å²) in [5, 5.41) is 4.07. The van der Waals surface area contributed by atoms with Gasteiger partial charge in [-0.15, -0.1) is 0 Å². The van der Waals surface area contributed by atoms with Crippen LogP contribution in [0.5, 0.6) is 0 Å². The summed E-state index contributed by atoms with van der Waals surface area (Å²) < 4.78 is 55.1. The Morgan fingerprint density at radius 3 is 2.57 bits per heavy atom. The molecule has 120 valence electrons. The number of pyridine rings is 1. The fraction of sp³-hybridized carbons (Fsp3) is 0.143. The first-order valence-electron chi connectivity index (χ1n) is 6.60. The van der Waals surface area contributed by atoms with Gasteiger partial charge in [0.25, 0.3) is 0 Å². The largest absolute Gasteiger partial charge is 0.282 e. The number of nitrogens with one attached hydrogen (secondary N) is 1. The second-order valence-electron chi connectivity index (χ2n) is 4.94. The highest BCUT2D eigenvalue weighted by atomic mass is 32.2. The van der Waals surface area contributed by atoms with Gasteiger partial charge in [0, 0.05) is 5.56 Å². The molecule has 0 fully saturated rings. The van der Waals surface area contributed by atoms with Crippen LogP contribution >= 0.6 is 0 Å². The SMILES string of the molecule is Cc1nc2ccc(NS(=O)(=O)Cc3c(F)cccc3F)cn2n1. The quantitative estimate of drug-likeness (QED) is 0.792. The van der Waals surface area contributed by atoms with Crippen molar-refractivity contribution in [3.63, 3.8) is 0 Å². The normalized spacial score (nSPS) is 11.8. The van der Waals surface area contributed by atoms with Crippen molar-refractivity contribution < 1.29 is 17.2 Å². The first kappa shape index (κ1) is 15.3. The maximum atomic E-state index is 13.6. The highest BCUT2D eigenvalue weighted by molar-refractivity contribution is 7.91. The molecule has 9 heteroatoms. The van der Waals surface area contributed by atoms with Crippen molar-refractivity contribution in [1.29, 1.82) is 0 Å². The summed E-state index contributed by atoms with van der Waals surface area (Å²) >= 11 is 0. The van der Waals surface area contributed by atoms with Crippen molar-refractivity contribution in [2.45, 2.75) is 12.7 Å². The number of sulfonamides is 1. The lowest BCUT2D eigenvalue weighted by Gasteiger charge is -2.09. The van der Waals surface area contributed by atoms with Crippen LogP contribution in [0.4, 0.5) is 14.5 Å². The van der Waals surface area contributed by atoms with E-state index < -0.39 is 33.0 Å². The Morgan fingerprint density at radius 1 is 1.17 bits per heavy atom. The molecule has 2 aromatic heterocycles. The molecule has 3 rings (SSSR count). The number of fused-ring (bicyclic) bond motifs is 1. The Bertz CT molecular complexity index is 965. The highest BCUT2D eigenvalue weighted by Gasteiger charge is 2.18. The summed E-state index contributed by atoms with van der Waals surface area (Å²) in [6.07, 6.45) is 1.44. The predicted molar refractivity (Wildman–Crippen MR) is 80.3 cm³/mol. The number of anilines is 1. The van der Waals surface area contributed by atoms with E-state index in [1.165, 1.54) is 22.8 Å². The zero-order valence-electron chi connectivity index (χ0n) is 12.0. The molecule has 0 aliphatic carbocycles. The molecule has 0 spiro atoms. The Hall–Kier alpha value is -2.55. The maximum Gasteiger partial charge on any atom is 0.237 e. The summed E-state index contributed by atoms with van der Waals surface area (Å²) in [5.41, 5.74) is 0.280. The molecule has 0 amide bonds. The molecule has 1 aromatic carbocycles. The first-order chi connectivity index (χ1) is 10.8. The molecule has 1 N–H and O–H groups in total. The summed E-state index contributed by atoms with van der Waals surface area (Å²) in [7, 11) is -3.99. The van der Waals surface area contributed by atoms with Crippen molar-refractivity contribution in [2.75, 3.05) is 4.72 Å². The zero-order valence-corrected chi connectivity index (χ0v) is 12.8. The third kappa shape index (κ3) is 3.29. The molecule has 0 aliphatic rings. The van der Waals surface area contributed by atoms with Gasteiger partial charge in [0.1, 0.15) is 23.2 Å². The minimum Gasteiger partial charge on any atom is -0.282 e. The van der Waals surface area contributed by atoms with E-state index >= 15 is 0 Å². The number of hydrogen-bond donors (Lipinski definition) is 1. The monoisotopic (exact) mass is 338 g/mol.